The van der Waals surface area contributed by atoms with Crippen molar-refractivity contribution < 1.29 is 0 Å². The summed E-state index contributed by atoms with van der Waals surface area (Å²) in [6, 6.07) is 10.9. The van der Waals surface area contributed by atoms with Crippen LogP contribution in [0.4, 0.5) is 0 Å². The van der Waals surface area contributed by atoms with Crippen LogP contribution >= 0.6 is 12.2 Å². The molecule has 1 aromatic carbocycles. The highest BCUT2D eigenvalue weighted by Crippen LogP contribution is 2.44. The number of allylic oxidation sites excluding steroid dienone is 2. The average molecular weight is 271 g/mol. The SMILES string of the molecule is CC(=CC(=S)c1ccccc1)NC1CC2CCC1C2. The molecule has 3 unspecified atom stereocenters. The third kappa shape index (κ3) is 2.89. The zero-order chi connectivity index (χ0) is 13.2. The van der Waals surface area contributed by atoms with Crippen molar-refractivity contribution in [3.8, 4) is 0 Å². The second-order valence-corrected chi connectivity index (χ2v) is 6.42. The maximum absolute atomic E-state index is 5.49. The number of hydrogen-bond donors (Lipinski definition) is 1. The Morgan fingerprint density at radius 1 is 1.21 bits per heavy atom. The smallest absolute Gasteiger partial charge is 0.0466 e. The van der Waals surface area contributed by atoms with Gasteiger partial charge in [0.25, 0.3) is 0 Å². The highest BCUT2D eigenvalue weighted by atomic mass is 32.1. The Labute approximate surface area is 121 Å². The lowest BCUT2D eigenvalue weighted by molar-refractivity contribution is 0.374. The molecule has 1 N–H and O–H groups in total. The second kappa shape index (κ2) is 5.46. The monoisotopic (exact) mass is 271 g/mol. The summed E-state index contributed by atoms with van der Waals surface area (Å²) in [6.45, 7) is 2.14. The molecule has 2 bridgehead atoms. The van der Waals surface area contributed by atoms with Crippen LogP contribution in [0.3, 0.4) is 0 Å². The fourth-order valence-corrected chi connectivity index (χ4v) is 3.95. The molecule has 2 heteroatoms. The Bertz CT molecular complexity index is 491. The van der Waals surface area contributed by atoms with E-state index in [0.29, 0.717) is 6.04 Å². The highest BCUT2D eigenvalue weighted by molar-refractivity contribution is 7.81. The number of thiocarbonyl (C=S) groups is 1. The standard InChI is InChI=1S/C17H21NS/c1-12(9-17(19)14-5-3-2-4-6-14)18-16-11-13-7-8-15(16)10-13/h2-6,9,13,15-16,18H,7-8,10-11H2,1H3. The van der Waals surface area contributed by atoms with Gasteiger partial charge in [0.1, 0.15) is 0 Å². The fraction of sp³-hybridized carbons (Fsp3) is 0.471. The lowest BCUT2D eigenvalue weighted by Crippen LogP contribution is -2.32. The number of rotatable bonds is 4. The second-order valence-electron chi connectivity index (χ2n) is 5.98. The molecule has 100 valence electrons. The number of fused-ring (bicyclic) bond motifs is 2. The van der Waals surface area contributed by atoms with Crippen molar-refractivity contribution in [2.75, 3.05) is 0 Å². The first kappa shape index (κ1) is 12.9. The number of benzene rings is 1. The van der Waals surface area contributed by atoms with E-state index in [4.69, 9.17) is 12.2 Å². The van der Waals surface area contributed by atoms with Crippen LogP contribution in [0.5, 0.6) is 0 Å². The molecule has 0 heterocycles. The first-order valence-corrected chi connectivity index (χ1v) is 7.67. The van der Waals surface area contributed by atoms with E-state index in [1.807, 2.05) is 18.2 Å². The molecule has 0 aromatic heterocycles. The van der Waals surface area contributed by atoms with Gasteiger partial charge < -0.3 is 5.32 Å². The first-order valence-electron chi connectivity index (χ1n) is 7.26. The van der Waals surface area contributed by atoms with Crippen molar-refractivity contribution in [1.29, 1.82) is 0 Å². The van der Waals surface area contributed by atoms with Crippen LogP contribution in [0.15, 0.2) is 42.1 Å². The Morgan fingerprint density at radius 3 is 2.63 bits per heavy atom. The van der Waals surface area contributed by atoms with Crippen molar-refractivity contribution in [2.45, 2.75) is 38.6 Å². The summed E-state index contributed by atoms with van der Waals surface area (Å²) >= 11 is 5.49. The van der Waals surface area contributed by atoms with E-state index in [-0.39, 0.29) is 0 Å². The van der Waals surface area contributed by atoms with Crippen LogP contribution in [0.1, 0.15) is 38.2 Å². The molecule has 0 radical (unpaired) electrons. The van der Waals surface area contributed by atoms with E-state index < -0.39 is 0 Å². The molecule has 0 saturated heterocycles. The van der Waals surface area contributed by atoms with Gasteiger partial charge in [-0.1, -0.05) is 49.0 Å². The van der Waals surface area contributed by atoms with Gasteiger partial charge in [-0.3, -0.25) is 0 Å². The summed E-state index contributed by atoms with van der Waals surface area (Å²) in [7, 11) is 0. The van der Waals surface area contributed by atoms with E-state index in [1.165, 1.54) is 31.4 Å². The lowest BCUT2D eigenvalue weighted by atomic mass is 9.95. The summed E-state index contributed by atoms with van der Waals surface area (Å²) in [5.41, 5.74) is 2.35. The zero-order valence-corrected chi connectivity index (χ0v) is 12.2. The maximum atomic E-state index is 5.49. The molecule has 3 rings (SSSR count). The molecule has 19 heavy (non-hydrogen) atoms. The van der Waals surface area contributed by atoms with Crippen LogP contribution in [0, 0.1) is 11.8 Å². The Kier molecular flexibility index (Phi) is 3.69. The van der Waals surface area contributed by atoms with Gasteiger partial charge in [0.2, 0.25) is 0 Å². The quantitative estimate of drug-likeness (QED) is 0.503. The molecule has 2 aliphatic carbocycles. The maximum Gasteiger partial charge on any atom is 0.0466 e. The predicted octanol–water partition coefficient (Wildman–Crippen LogP) is 4.09. The van der Waals surface area contributed by atoms with Crippen molar-refractivity contribution in [2.24, 2.45) is 11.8 Å². The van der Waals surface area contributed by atoms with Crippen molar-refractivity contribution in [1.82, 2.24) is 5.32 Å². The summed E-state index contributed by atoms with van der Waals surface area (Å²) in [6.07, 6.45) is 7.77. The number of hydrogen-bond acceptors (Lipinski definition) is 2. The van der Waals surface area contributed by atoms with Gasteiger partial charge in [-0.2, -0.15) is 0 Å². The molecule has 0 amide bonds. The summed E-state index contributed by atoms with van der Waals surface area (Å²) in [5.74, 6) is 1.88. The Morgan fingerprint density at radius 2 is 2.00 bits per heavy atom. The first-order chi connectivity index (χ1) is 9.22. The van der Waals surface area contributed by atoms with E-state index in [1.54, 1.807) is 0 Å². The van der Waals surface area contributed by atoms with E-state index in [2.05, 4.69) is 30.4 Å². The van der Waals surface area contributed by atoms with Crippen LogP contribution in [0.2, 0.25) is 0 Å². The summed E-state index contributed by atoms with van der Waals surface area (Å²) in [4.78, 5) is 0.925. The van der Waals surface area contributed by atoms with E-state index in [9.17, 15) is 0 Å². The minimum Gasteiger partial charge on any atom is -0.386 e. The molecule has 2 aliphatic rings. The molecule has 2 fully saturated rings. The average Bonchev–Trinajstić information content (AvgIpc) is 3.02. The van der Waals surface area contributed by atoms with Crippen molar-refractivity contribution >= 4 is 17.1 Å². The fourth-order valence-electron chi connectivity index (χ4n) is 3.64. The van der Waals surface area contributed by atoms with Crippen LogP contribution in [0.25, 0.3) is 0 Å². The van der Waals surface area contributed by atoms with Crippen molar-refractivity contribution in [3.05, 3.63) is 47.7 Å². The largest absolute Gasteiger partial charge is 0.386 e. The lowest BCUT2D eigenvalue weighted by Gasteiger charge is -2.24. The molecule has 3 atom stereocenters. The van der Waals surface area contributed by atoms with Crippen molar-refractivity contribution in [3.63, 3.8) is 0 Å². The molecule has 0 aliphatic heterocycles. The summed E-state index contributed by atoms with van der Waals surface area (Å²) in [5, 5.41) is 3.68. The van der Waals surface area contributed by atoms with Gasteiger partial charge in [-0.15, -0.1) is 0 Å². The third-order valence-corrected chi connectivity index (χ3v) is 4.91. The highest BCUT2D eigenvalue weighted by Gasteiger charge is 2.39. The van der Waals surface area contributed by atoms with Gasteiger partial charge in [0.15, 0.2) is 0 Å². The van der Waals surface area contributed by atoms with Crippen LogP contribution < -0.4 is 5.32 Å². The van der Waals surface area contributed by atoms with Crippen LogP contribution in [-0.4, -0.2) is 10.9 Å². The molecule has 2 saturated carbocycles. The topological polar surface area (TPSA) is 12.0 Å². The van der Waals surface area contributed by atoms with Gasteiger partial charge in [-0.25, -0.2) is 0 Å². The Hall–Kier alpha value is -1.15. The van der Waals surface area contributed by atoms with Gasteiger partial charge in [-0.05, 0) is 49.7 Å². The molecule has 1 aromatic rings. The van der Waals surface area contributed by atoms with E-state index in [0.717, 1.165) is 22.3 Å². The summed E-state index contributed by atoms with van der Waals surface area (Å²) < 4.78 is 0. The molecular weight excluding hydrogens is 250 g/mol. The zero-order valence-electron chi connectivity index (χ0n) is 11.4. The molecule has 0 spiro atoms. The molecule has 1 nitrogen and oxygen atoms in total. The van der Waals surface area contributed by atoms with Crippen LogP contribution in [-0.2, 0) is 0 Å². The van der Waals surface area contributed by atoms with Gasteiger partial charge in [0.05, 0.1) is 0 Å². The Balaban J connectivity index is 1.62. The molecular formula is C17H21NS. The van der Waals surface area contributed by atoms with Gasteiger partial charge in [0, 0.05) is 16.6 Å². The third-order valence-electron chi connectivity index (χ3n) is 4.56. The van der Waals surface area contributed by atoms with E-state index >= 15 is 0 Å². The minimum absolute atomic E-state index is 0.688. The predicted molar refractivity (Wildman–Crippen MR) is 84.3 cm³/mol. The normalized spacial score (nSPS) is 29.5. The number of nitrogens with one attached hydrogen (secondary N) is 1. The minimum atomic E-state index is 0.688. The van der Waals surface area contributed by atoms with Gasteiger partial charge >= 0.3 is 0 Å².